The Morgan fingerprint density at radius 2 is 1.67 bits per heavy atom. The third-order valence-electron chi connectivity index (χ3n) is 5.47. The highest BCUT2D eigenvalue weighted by atomic mass is 32.2. The molecule has 2 amide bonds. The average Bonchev–Trinajstić information content (AvgIpc) is 2.81. The monoisotopic (exact) mass is 468 g/mol. The summed E-state index contributed by atoms with van der Waals surface area (Å²) in [6.45, 7) is 1.30. The molecule has 0 aromatic heterocycles. The number of nitrogens with one attached hydrogen (secondary N) is 1. The first kappa shape index (κ1) is 22.8. The lowest BCUT2D eigenvalue weighted by Crippen LogP contribution is -2.77. The Balaban J connectivity index is 1.43. The van der Waals surface area contributed by atoms with Crippen molar-refractivity contribution in [2.24, 2.45) is 0 Å². The second-order valence-electron chi connectivity index (χ2n) is 7.86. The third kappa shape index (κ3) is 5.19. The molecular formula is C24H24N2O6S. The maximum absolute atomic E-state index is 13.0. The van der Waals surface area contributed by atoms with E-state index >= 15 is 0 Å². The molecule has 1 unspecified atom stereocenters. The quantitative estimate of drug-likeness (QED) is 0.487. The number of amides is 2. The number of rotatable bonds is 7. The van der Waals surface area contributed by atoms with Crippen molar-refractivity contribution >= 4 is 35.5 Å². The maximum atomic E-state index is 13.0. The maximum Gasteiger partial charge on any atom is 0.333 e. The molecular weight excluding hydrogens is 444 g/mol. The van der Waals surface area contributed by atoms with Gasteiger partial charge in [0.05, 0.1) is 6.42 Å². The lowest BCUT2D eigenvalue weighted by Gasteiger charge is -2.53. The van der Waals surface area contributed by atoms with Gasteiger partial charge in [-0.15, -0.1) is 11.8 Å². The molecule has 0 spiro atoms. The summed E-state index contributed by atoms with van der Waals surface area (Å²) in [5, 5.41) is 2.34. The molecule has 0 aliphatic carbocycles. The van der Waals surface area contributed by atoms with Crippen LogP contribution in [0.15, 0.2) is 60.7 Å². The minimum Gasteiger partial charge on any atom is -0.459 e. The molecule has 0 bridgehead atoms. The van der Waals surface area contributed by atoms with E-state index in [1.165, 1.54) is 23.6 Å². The Morgan fingerprint density at radius 1 is 1.03 bits per heavy atom. The van der Waals surface area contributed by atoms with Crippen molar-refractivity contribution in [1.82, 2.24) is 10.2 Å². The number of hydrogen-bond donors (Lipinski definition) is 1. The van der Waals surface area contributed by atoms with Crippen molar-refractivity contribution in [1.29, 1.82) is 0 Å². The van der Waals surface area contributed by atoms with Crippen LogP contribution in [-0.2, 0) is 41.7 Å². The van der Waals surface area contributed by atoms with E-state index in [1.54, 1.807) is 0 Å². The number of hydrogen-bond acceptors (Lipinski definition) is 7. The molecule has 0 radical (unpaired) electrons. The molecule has 4 atom stereocenters. The van der Waals surface area contributed by atoms with Crippen LogP contribution in [0.2, 0.25) is 0 Å². The van der Waals surface area contributed by atoms with Gasteiger partial charge >= 0.3 is 11.9 Å². The molecule has 1 N–H and O–H groups in total. The standard InChI is InChI=1S/C24H24N2O6S/c1-15(27)32-18-14-33-23-20(25-19(28)12-16-8-4-2-5-9-16)22(29)26(23)21(18)24(30)31-13-17-10-6-3-7-11-17/h2-11,18,20-21,23H,12-14H2,1H3,(H,25,28)/t18?,20-,21-,23+/m1/s1. The van der Waals surface area contributed by atoms with Crippen LogP contribution in [0, 0.1) is 0 Å². The largest absolute Gasteiger partial charge is 0.459 e. The Bertz CT molecular complexity index is 1030. The van der Waals surface area contributed by atoms with E-state index in [4.69, 9.17) is 9.47 Å². The van der Waals surface area contributed by atoms with E-state index in [1.807, 2.05) is 60.7 Å². The predicted molar refractivity (Wildman–Crippen MR) is 121 cm³/mol. The predicted octanol–water partition coefficient (Wildman–Crippen LogP) is 1.67. The van der Waals surface area contributed by atoms with Gasteiger partial charge in [-0.1, -0.05) is 60.7 Å². The molecule has 2 aromatic rings. The number of carbonyl (C=O) groups is 4. The van der Waals surface area contributed by atoms with Crippen LogP contribution in [0.1, 0.15) is 18.1 Å². The van der Waals surface area contributed by atoms with Crippen LogP contribution in [0.5, 0.6) is 0 Å². The van der Waals surface area contributed by atoms with Gasteiger partial charge in [0.25, 0.3) is 0 Å². The van der Waals surface area contributed by atoms with E-state index in [0.29, 0.717) is 5.75 Å². The van der Waals surface area contributed by atoms with Gasteiger partial charge in [-0.05, 0) is 11.1 Å². The molecule has 2 aliphatic rings. The number of ether oxygens (including phenoxy) is 2. The van der Waals surface area contributed by atoms with Gasteiger partial charge in [0.15, 0.2) is 6.04 Å². The molecule has 9 heteroatoms. The second-order valence-corrected chi connectivity index (χ2v) is 9.01. The Kier molecular flexibility index (Phi) is 6.98. The number of benzene rings is 2. The number of carbonyl (C=O) groups excluding carboxylic acids is 4. The van der Waals surface area contributed by atoms with Crippen LogP contribution in [0.3, 0.4) is 0 Å². The summed E-state index contributed by atoms with van der Waals surface area (Å²) in [6, 6.07) is 16.6. The lowest BCUT2D eigenvalue weighted by atomic mass is 9.99. The molecule has 8 nitrogen and oxygen atoms in total. The number of thioether (sulfide) groups is 1. The number of nitrogens with zero attached hydrogens (tertiary/aromatic N) is 1. The van der Waals surface area contributed by atoms with Crippen LogP contribution < -0.4 is 5.32 Å². The van der Waals surface area contributed by atoms with Gasteiger partial charge < -0.3 is 19.7 Å². The summed E-state index contributed by atoms with van der Waals surface area (Å²) in [6.07, 6.45) is -0.669. The first-order chi connectivity index (χ1) is 15.9. The highest BCUT2D eigenvalue weighted by molar-refractivity contribution is 8.00. The molecule has 2 aliphatic heterocycles. The fourth-order valence-electron chi connectivity index (χ4n) is 3.95. The average molecular weight is 469 g/mol. The van der Waals surface area contributed by atoms with Crippen LogP contribution in [-0.4, -0.2) is 58.0 Å². The summed E-state index contributed by atoms with van der Waals surface area (Å²) in [4.78, 5) is 51.3. The summed E-state index contributed by atoms with van der Waals surface area (Å²) in [7, 11) is 0. The van der Waals surface area contributed by atoms with E-state index in [-0.39, 0.29) is 18.9 Å². The molecule has 172 valence electrons. The molecule has 2 heterocycles. The van der Waals surface area contributed by atoms with Gasteiger partial charge in [-0.25, -0.2) is 4.79 Å². The zero-order valence-electron chi connectivity index (χ0n) is 18.0. The highest BCUT2D eigenvalue weighted by Crippen LogP contribution is 2.39. The third-order valence-corrected chi connectivity index (χ3v) is 6.83. The summed E-state index contributed by atoms with van der Waals surface area (Å²) in [5.74, 6) is -1.54. The van der Waals surface area contributed by atoms with Crippen molar-refractivity contribution < 1.29 is 28.7 Å². The summed E-state index contributed by atoms with van der Waals surface area (Å²) >= 11 is 1.36. The van der Waals surface area contributed by atoms with E-state index in [0.717, 1.165) is 11.1 Å². The van der Waals surface area contributed by atoms with Crippen LogP contribution in [0.25, 0.3) is 0 Å². The van der Waals surface area contributed by atoms with Crippen molar-refractivity contribution in [3.8, 4) is 0 Å². The molecule has 2 saturated heterocycles. The summed E-state index contributed by atoms with van der Waals surface area (Å²) in [5.41, 5.74) is 1.64. The molecule has 0 saturated carbocycles. The van der Waals surface area contributed by atoms with Crippen LogP contribution >= 0.6 is 11.8 Å². The molecule has 2 fully saturated rings. The Labute approximate surface area is 195 Å². The van der Waals surface area contributed by atoms with Gasteiger partial charge in [0, 0.05) is 12.7 Å². The number of fused-ring (bicyclic) bond motifs is 1. The van der Waals surface area contributed by atoms with Gasteiger partial charge in [0.1, 0.15) is 24.1 Å². The van der Waals surface area contributed by atoms with Crippen molar-refractivity contribution in [2.45, 2.75) is 43.5 Å². The fraction of sp³-hybridized carbons (Fsp3) is 0.333. The SMILES string of the molecule is CC(=O)OC1CS[C@H]2[C@H](NC(=O)Cc3ccccc3)C(=O)N2[C@H]1C(=O)OCc1ccccc1. The van der Waals surface area contributed by atoms with E-state index in [2.05, 4.69) is 5.32 Å². The smallest absolute Gasteiger partial charge is 0.333 e. The Hall–Kier alpha value is -3.33. The normalized spacial score (nSPS) is 23.7. The minimum absolute atomic E-state index is 0.0417. The molecule has 2 aromatic carbocycles. The van der Waals surface area contributed by atoms with E-state index < -0.39 is 41.4 Å². The highest BCUT2D eigenvalue weighted by Gasteiger charge is 2.59. The summed E-state index contributed by atoms with van der Waals surface area (Å²) < 4.78 is 10.8. The van der Waals surface area contributed by atoms with Gasteiger partial charge in [0.2, 0.25) is 11.8 Å². The molecule has 33 heavy (non-hydrogen) atoms. The van der Waals surface area contributed by atoms with Crippen molar-refractivity contribution in [2.75, 3.05) is 5.75 Å². The fourth-order valence-corrected chi connectivity index (χ4v) is 5.36. The zero-order chi connectivity index (χ0) is 23.4. The first-order valence-electron chi connectivity index (χ1n) is 10.6. The van der Waals surface area contributed by atoms with Crippen LogP contribution in [0.4, 0.5) is 0 Å². The van der Waals surface area contributed by atoms with Gasteiger partial charge in [-0.3, -0.25) is 14.4 Å². The first-order valence-corrected chi connectivity index (χ1v) is 11.6. The van der Waals surface area contributed by atoms with Gasteiger partial charge in [-0.2, -0.15) is 0 Å². The minimum atomic E-state index is -1.06. The molecule has 4 rings (SSSR count). The van der Waals surface area contributed by atoms with E-state index in [9.17, 15) is 19.2 Å². The lowest BCUT2D eigenvalue weighted by molar-refractivity contribution is -0.177. The van der Waals surface area contributed by atoms with Crippen molar-refractivity contribution in [3.63, 3.8) is 0 Å². The topological polar surface area (TPSA) is 102 Å². The Morgan fingerprint density at radius 3 is 2.30 bits per heavy atom. The second kappa shape index (κ2) is 10.1. The number of β-lactam (4-membered cyclic amide) rings is 1. The number of esters is 2. The van der Waals surface area contributed by atoms with Crippen molar-refractivity contribution in [3.05, 3.63) is 71.8 Å². The zero-order valence-corrected chi connectivity index (χ0v) is 18.8.